The van der Waals surface area contributed by atoms with Gasteiger partial charge in [0.05, 0.1) is 18.3 Å². The summed E-state index contributed by atoms with van der Waals surface area (Å²) in [4.78, 5) is 2.31. The topological polar surface area (TPSA) is 32.7 Å². The first-order valence-electron chi connectivity index (χ1n) is 10.2. The number of benzene rings is 1. The minimum absolute atomic E-state index is 0.103. The van der Waals surface area contributed by atoms with Gasteiger partial charge < -0.3 is 9.84 Å². The summed E-state index contributed by atoms with van der Waals surface area (Å²) in [6.45, 7) is 5.19. The molecule has 0 aliphatic heterocycles. The van der Waals surface area contributed by atoms with E-state index in [2.05, 4.69) is 36.1 Å². The molecule has 4 aliphatic carbocycles. The molecule has 4 fully saturated rings. The molecule has 0 saturated heterocycles. The number of likely N-dealkylation sites (N-methyl/N-ethyl adjacent to an activating group) is 1. The van der Waals surface area contributed by atoms with E-state index >= 15 is 0 Å². The van der Waals surface area contributed by atoms with Crippen molar-refractivity contribution in [3.63, 3.8) is 0 Å². The van der Waals surface area contributed by atoms with E-state index in [1.54, 1.807) is 0 Å². The molecule has 1 aromatic carbocycles. The van der Waals surface area contributed by atoms with E-state index in [1.807, 2.05) is 6.07 Å². The highest BCUT2D eigenvalue weighted by atomic mass is 16.5. The minimum atomic E-state index is -0.392. The Morgan fingerprint density at radius 2 is 1.68 bits per heavy atom. The second-order valence-corrected chi connectivity index (χ2v) is 8.88. The summed E-state index contributed by atoms with van der Waals surface area (Å²) in [5.41, 5.74) is 1.41. The van der Waals surface area contributed by atoms with Crippen molar-refractivity contribution in [1.82, 2.24) is 4.90 Å². The minimum Gasteiger partial charge on any atom is -0.389 e. The van der Waals surface area contributed by atoms with Crippen LogP contribution in [0.15, 0.2) is 30.3 Å². The van der Waals surface area contributed by atoms with Crippen molar-refractivity contribution >= 4 is 0 Å². The fourth-order valence-corrected chi connectivity index (χ4v) is 5.98. The molecule has 3 nitrogen and oxygen atoms in total. The standard InChI is InChI=1S/C22H33NO2/c1-2-23(14-17-6-4-3-5-7-17)15-21(24)16-25-22-11-18-8-19(12-22)10-20(9-18)13-22/h3-7,18-21,24H,2,8-16H2,1H3/t18?,19?,20?,21-,22?/m1/s1. The van der Waals surface area contributed by atoms with E-state index in [0.29, 0.717) is 13.2 Å². The number of rotatable bonds is 8. The zero-order valence-corrected chi connectivity index (χ0v) is 15.6. The van der Waals surface area contributed by atoms with Crippen LogP contribution in [0.5, 0.6) is 0 Å². The van der Waals surface area contributed by atoms with Crippen molar-refractivity contribution in [2.75, 3.05) is 19.7 Å². The summed E-state index contributed by atoms with van der Waals surface area (Å²) >= 11 is 0. The van der Waals surface area contributed by atoms with E-state index < -0.39 is 6.10 Å². The highest BCUT2D eigenvalue weighted by Gasteiger charge is 2.51. The summed E-state index contributed by atoms with van der Waals surface area (Å²) in [7, 11) is 0. The van der Waals surface area contributed by atoms with Gasteiger partial charge in [0.25, 0.3) is 0 Å². The molecule has 1 N–H and O–H groups in total. The Bertz CT molecular complexity index is 523. The fourth-order valence-electron chi connectivity index (χ4n) is 5.98. The Morgan fingerprint density at radius 1 is 1.08 bits per heavy atom. The average molecular weight is 344 g/mol. The molecule has 138 valence electrons. The van der Waals surface area contributed by atoms with Gasteiger partial charge in [-0.1, -0.05) is 37.3 Å². The lowest BCUT2D eigenvalue weighted by Gasteiger charge is -2.56. The van der Waals surface area contributed by atoms with Crippen LogP contribution < -0.4 is 0 Å². The third kappa shape index (κ3) is 4.10. The molecule has 4 bridgehead atoms. The summed E-state index contributed by atoms with van der Waals surface area (Å²) in [6.07, 6.45) is 7.65. The quantitative estimate of drug-likeness (QED) is 0.778. The summed E-state index contributed by atoms with van der Waals surface area (Å²) < 4.78 is 6.42. The molecule has 3 heteroatoms. The zero-order valence-electron chi connectivity index (χ0n) is 15.6. The van der Waals surface area contributed by atoms with Crippen molar-refractivity contribution in [3.8, 4) is 0 Å². The van der Waals surface area contributed by atoms with E-state index in [-0.39, 0.29) is 5.60 Å². The lowest BCUT2D eigenvalue weighted by molar-refractivity contribution is -0.176. The van der Waals surface area contributed by atoms with E-state index in [4.69, 9.17) is 4.74 Å². The molecular weight excluding hydrogens is 310 g/mol. The Balaban J connectivity index is 1.28. The molecule has 0 radical (unpaired) electrons. The Labute approximate surface area is 152 Å². The highest BCUT2D eigenvalue weighted by molar-refractivity contribution is 5.14. The van der Waals surface area contributed by atoms with Crippen LogP contribution in [0.25, 0.3) is 0 Å². The van der Waals surface area contributed by atoms with E-state index in [0.717, 1.165) is 30.8 Å². The smallest absolute Gasteiger partial charge is 0.0900 e. The normalized spacial score (nSPS) is 34.6. The van der Waals surface area contributed by atoms with Crippen LogP contribution in [0.1, 0.15) is 51.0 Å². The van der Waals surface area contributed by atoms with Crippen LogP contribution in [0.4, 0.5) is 0 Å². The monoisotopic (exact) mass is 343 g/mol. The third-order valence-electron chi connectivity index (χ3n) is 6.73. The number of hydrogen-bond donors (Lipinski definition) is 1. The predicted octanol–water partition coefficient (Wildman–Crippen LogP) is 3.85. The van der Waals surface area contributed by atoms with Crippen molar-refractivity contribution in [2.45, 2.75) is 63.7 Å². The number of nitrogens with zero attached hydrogens (tertiary/aromatic N) is 1. The molecule has 4 saturated carbocycles. The summed E-state index contributed by atoms with van der Waals surface area (Å²) in [6, 6.07) is 10.5. The van der Waals surface area contributed by atoms with Gasteiger partial charge in [-0.3, -0.25) is 4.90 Å². The van der Waals surface area contributed by atoms with E-state index in [1.165, 1.54) is 44.1 Å². The van der Waals surface area contributed by atoms with Crippen molar-refractivity contribution < 1.29 is 9.84 Å². The largest absolute Gasteiger partial charge is 0.389 e. The first kappa shape index (κ1) is 17.5. The van der Waals surface area contributed by atoms with Gasteiger partial charge in [-0.05, 0) is 68.4 Å². The molecule has 1 aromatic rings. The van der Waals surface area contributed by atoms with Gasteiger partial charge in [0.2, 0.25) is 0 Å². The molecule has 5 rings (SSSR count). The average Bonchev–Trinajstić information content (AvgIpc) is 2.59. The van der Waals surface area contributed by atoms with Crippen molar-refractivity contribution in [1.29, 1.82) is 0 Å². The second kappa shape index (κ2) is 7.38. The lowest BCUT2D eigenvalue weighted by Crippen LogP contribution is -2.53. The maximum absolute atomic E-state index is 10.6. The molecule has 1 atom stereocenters. The SMILES string of the molecule is CCN(Cc1ccccc1)C[C@@H](O)COC12CC3CC(CC(C3)C1)C2. The Kier molecular flexibility index (Phi) is 5.17. The first-order chi connectivity index (χ1) is 12.1. The molecule has 4 aliphatic rings. The fraction of sp³-hybridized carbons (Fsp3) is 0.727. The van der Waals surface area contributed by atoms with Gasteiger partial charge in [0.15, 0.2) is 0 Å². The van der Waals surface area contributed by atoms with Gasteiger partial charge in [-0.2, -0.15) is 0 Å². The van der Waals surface area contributed by atoms with Crippen LogP contribution in [-0.2, 0) is 11.3 Å². The van der Waals surface area contributed by atoms with Crippen LogP contribution in [0.2, 0.25) is 0 Å². The number of hydrogen-bond acceptors (Lipinski definition) is 3. The molecule has 0 amide bonds. The maximum Gasteiger partial charge on any atom is 0.0900 e. The van der Waals surface area contributed by atoms with Gasteiger partial charge in [0, 0.05) is 13.1 Å². The van der Waals surface area contributed by atoms with Crippen molar-refractivity contribution in [3.05, 3.63) is 35.9 Å². The van der Waals surface area contributed by atoms with Gasteiger partial charge in [0.1, 0.15) is 0 Å². The highest BCUT2D eigenvalue weighted by Crippen LogP contribution is 2.57. The van der Waals surface area contributed by atoms with Gasteiger partial charge in [-0.15, -0.1) is 0 Å². The molecule has 0 unspecified atom stereocenters. The van der Waals surface area contributed by atoms with Crippen LogP contribution >= 0.6 is 0 Å². The van der Waals surface area contributed by atoms with Crippen LogP contribution in [-0.4, -0.2) is 41.4 Å². The molecule has 0 aromatic heterocycles. The predicted molar refractivity (Wildman–Crippen MR) is 100 cm³/mol. The van der Waals surface area contributed by atoms with Crippen LogP contribution in [0.3, 0.4) is 0 Å². The Morgan fingerprint density at radius 3 is 2.24 bits per heavy atom. The second-order valence-electron chi connectivity index (χ2n) is 8.88. The molecule has 25 heavy (non-hydrogen) atoms. The number of ether oxygens (including phenoxy) is 1. The molecular formula is C22H33NO2. The zero-order chi connectivity index (χ0) is 17.3. The van der Waals surface area contributed by atoms with Gasteiger partial charge >= 0.3 is 0 Å². The Hall–Kier alpha value is -0.900. The maximum atomic E-state index is 10.6. The molecule has 0 heterocycles. The number of aliphatic hydroxyl groups is 1. The van der Waals surface area contributed by atoms with Crippen molar-refractivity contribution in [2.24, 2.45) is 17.8 Å². The molecule has 0 spiro atoms. The number of aliphatic hydroxyl groups excluding tert-OH is 1. The van der Waals surface area contributed by atoms with Crippen LogP contribution in [0, 0.1) is 17.8 Å². The van der Waals surface area contributed by atoms with Gasteiger partial charge in [-0.25, -0.2) is 0 Å². The third-order valence-corrected chi connectivity index (χ3v) is 6.73. The lowest BCUT2D eigenvalue weighted by atomic mass is 9.54. The first-order valence-corrected chi connectivity index (χ1v) is 10.2. The van der Waals surface area contributed by atoms with E-state index in [9.17, 15) is 5.11 Å². The summed E-state index contributed by atoms with van der Waals surface area (Å²) in [5.74, 6) is 2.69. The summed E-state index contributed by atoms with van der Waals surface area (Å²) in [5, 5.41) is 10.6.